The number of azide groups is 1. The fourth-order valence-corrected chi connectivity index (χ4v) is 3.13. The van der Waals surface area contributed by atoms with Gasteiger partial charge in [-0.1, -0.05) is 41.5 Å². The third kappa shape index (κ3) is 3.53. The Kier molecular flexibility index (Phi) is 5.49. The number of alkyl halides is 1. The molecule has 2 amide bonds. The first-order valence-corrected chi connectivity index (χ1v) is 8.27. The Morgan fingerprint density at radius 3 is 2.19 bits per heavy atom. The number of rotatable bonds is 7. The number of ether oxygens (including phenoxy) is 1. The lowest BCUT2D eigenvalue weighted by Crippen LogP contribution is -2.29. The number of carbonyl (C=O) groups is 2. The topological polar surface area (TPSA) is 95.4 Å². The van der Waals surface area contributed by atoms with Gasteiger partial charge in [0.15, 0.2) is 0 Å². The van der Waals surface area contributed by atoms with Crippen LogP contribution >= 0.6 is 0 Å². The molecule has 138 valence electrons. The highest BCUT2D eigenvalue weighted by molar-refractivity contribution is 6.21. The molecule has 0 aliphatic carbocycles. The molecular weight excluding hydrogens is 351 g/mol. The maximum absolute atomic E-state index is 13.1. The van der Waals surface area contributed by atoms with Gasteiger partial charge >= 0.3 is 0 Å². The number of fused-ring (bicyclic) bond motifs is 1. The van der Waals surface area contributed by atoms with E-state index in [1.165, 1.54) is 12.0 Å². The molecule has 2 aromatic rings. The molecular formula is C19H17FN4O3. The fraction of sp³-hybridized carbons (Fsp3) is 0.263. The van der Waals surface area contributed by atoms with Crippen LogP contribution in [-0.2, 0) is 11.3 Å². The highest BCUT2D eigenvalue weighted by Gasteiger charge is 2.35. The average molecular weight is 368 g/mol. The summed E-state index contributed by atoms with van der Waals surface area (Å²) in [5, 5.41) is 3.42. The summed E-state index contributed by atoms with van der Waals surface area (Å²) in [7, 11) is 1.41. The van der Waals surface area contributed by atoms with Gasteiger partial charge in [-0.25, -0.2) is 0 Å². The SMILES string of the molecule is CO[C@H](c1ccc(CN2C(=O)c3ccccc3C2=O)cc1)[C@@H](CF)N=[N+]=[N-]. The van der Waals surface area contributed by atoms with Crippen LogP contribution in [0.1, 0.15) is 37.9 Å². The van der Waals surface area contributed by atoms with Crippen LogP contribution in [0.3, 0.4) is 0 Å². The normalized spacial score (nSPS) is 15.3. The minimum atomic E-state index is -0.970. The van der Waals surface area contributed by atoms with Crippen molar-refractivity contribution < 1.29 is 18.7 Å². The average Bonchev–Trinajstić information content (AvgIpc) is 2.94. The minimum absolute atomic E-state index is 0.132. The molecule has 3 rings (SSSR count). The number of amides is 2. The second-order valence-electron chi connectivity index (χ2n) is 6.07. The summed E-state index contributed by atoms with van der Waals surface area (Å²) in [6, 6.07) is 12.6. The zero-order chi connectivity index (χ0) is 19.4. The standard InChI is InChI=1S/C19H17FN4O3/c1-27-17(16(10-20)22-23-21)13-8-6-12(7-9-13)11-24-18(25)14-4-2-3-5-15(14)19(24)26/h2-9,16-17H,10-11H2,1H3/t16-,17-/m1/s1. The van der Waals surface area contributed by atoms with E-state index in [0.29, 0.717) is 16.7 Å². The lowest BCUT2D eigenvalue weighted by molar-refractivity contribution is 0.0641. The second-order valence-corrected chi connectivity index (χ2v) is 6.07. The van der Waals surface area contributed by atoms with Gasteiger partial charge in [-0.2, -0.15) is 0 Å². The number of imide groups is 1. The Bertz CT molecular complexity index is 874. The Labute approximate surface area is 155 Å². The summed E-state index contributed by atoms with van der Waals surface area (Å²) >= 11 is 0. The molecule has 0 saturated carbocycles. The summed E-state index contributed by atoms with van der Waals surface area (Å²) in [4.78, 5) is 28.7. The summed E-state index contributed by atoms with van der Waals surface area (Å²) in [5.41, 5.74) is 10.7. The van der Waals surface area contributed by atoms with Gasteiger partial charge < -0.3 is 4.74 Å². The van der Waals surface area contributed by atoms with Crippen LogP contribution in [0.5, 0.6) is 0 Å². The van der Waals surface area contributed by atoms with Crippen LogP contribution in [-0.4, -0.2) is 36.5 Å². The number of benzene rings is 2. The van der Waals surface area contributed by atoms with E-state index in [-0.39, 0.29) is 18.4 Å². The van der Waals surface area contributed by atoms with E-state index in [1.807, 2.05) is 0 Å². The van der Waals surface area contributed by atoms with Crippen molar-refractivity contribution in [1.29, 1.82) is 0 Å². The lowest BCUT2D eigenvalue weighted by atomic mass is 10.0. The molecule has 2 atom stereocenters. The van der Waals surface area contributed by atoms with Crippen LogP contribution in [0, 0.1) is 0 Å². The van der Waals surface area contributed by atoms with Crippen LogP contribution in [0.2, 0.25) is 0 Å². The fourth-order valence-electron chi connectivity index (χ4n) is 3.13. The maximum Gasteiger partial charge on any atom is 0.261 e. The van der Waals surface area contributed by atoms with Crippen molar-refractivity contribution in [2.75, 3.05) is 13.8 Å². The molecule has 0 saturated heterocycles. The van der Waals surface area contributed by atoms with Crippen LogP contribution < -0.4 is 0 Å². The summed E-state index contributed by atoms with van der Waals surface area (Å²) < 4.78 is 18.4. The largest absolute Gasteiger partial charge is 0.376 e. The molecule has 0 radical (unpaired) electrons. The minimum Gasteiger partial charge on any atom is -0.376 e. The van der Waals surface area contributed by atoms with Crippen molar-refractivity contribution in [2.45, 2.75) is 18.7 Å². The van der Waals surface area contributed by atoms with Gasteiger partial charge in [0, 0.05) is 12.0 Å². The summed E-state index contributed by atoms with van der Waals surface area (Å²) in [6.45, 7) is -0.716. The molecule has 0 bridgehead atoms. The molecule has 0 N–H and O–H groups in total. The Morgan fingerprint density at radius 2 is 1.70 bits per heavy atom. The van der Waals surface area contributed by atoms with Gasteiger partial charge in [0.25, 0.3) is 11.8 Å². The monoisotopic (exact) mass is 368 g/mol. The van der Waals surface area contributed by atoms with Crippen molar-refractivity contribution >= 4 is 11.8 Å². The van der Waals surface area contributed by atoms with Gasteiger partial charge in [-0.05, 0) is 28.8 Å². The molecule has 0 fully saturated rings. The highest BCUT2D eigenvalue weighted by Crippen LogP contribution is 2.27. The third-order valence-electron chi connectivity index (χ3n) is 4.49. The third-order valence-corrected chi connectivity index (χ3v) is 4.49. The number of methoxy groups -OCH3 is 1. The maximum atomic E-state index is 13.1. The van der Waals surface area contributed by atoms with Crippen LogP contribution in [0.25, 0.3) is 10.4 Å². The molecule has 1 aliphatic rings. The Hall–Kier alpha value is -3.22. The molecule has 1 heterocycles. The smallest absolute Gasteiger partial charge is 0.261 e. The van der Waals surface area contributed by atoms with Gasteiger partial charge in [0.1, 0.15) is 6.67 Å². The first kappa shape index (κ1) is 18.6. The Morgan fingerprint density at radius 1 is 1.11 bits per heavy atom. The number of hydrogen-bond acceptors (Lipinski definition) is 4. The number of halogens is 1. The van der Waals surface area contributed by atoms with Crippen molar-refractivity contribution in [3.63, 3.8) is 0 Å². The first-order chi connectivity index (χ1) is 13.1. The molecule has 8 heteroatoms. The van der Waals surface area contributed by atoms with Gasteiger partial charge in [-0.15, -0.1) is 0 Å². The van der Waals surface area contributed by atoms with Crippen molar-refractivity contribution in [2.24, 2.45) is 5.11 Å². The van der Waals surface area contributed by atoms with Gasteiger partial charge in [0.05, 0.1) is 29.8 Å². The van der Waals surface area contributed by atoms with E-state index in [1.54, 1.807) is 48.5 Å². The highest BCUT2D eigenvalue weighted by atomic mass is 19.1. The van der Waals surface area contributed by atoms with Crippen molar-refractivity contribution in [3.05, 3.63) is 81.2 Å². The second kappa shape index (κ2) is 7.99. The molecule has 1 aliphatic heterocycles. The van der Waals surface area contributed by atoms with Crippen molar-refractivity contribution in [1.82, 2.24) is 4.90 Å². The first-order valence-electron chi connectivity index (χ1n) is 8.27. The van der Waals surface area contributed by atoms with E-state index in [0.717, 1.165) is 5.56 Å². The van der Waals surface area contributed by atoms with E-state index in [2.05, 4.69) is 10.0 Å². The molecule has 0 spiro atoms. The number of hydrogen-bond donors (Lipinski definition) is 0. The Balaban J connectivity index is 1.78. The van der Waals surface area contributed by atoms with Crippen molar-refractivity contribution in [3.8, 4) is 0 Å². The molecule has 27 heavy (non-hydrogen) atoms. The van der Waals surface area contributed by atoms with Gasteiger partial charge in [-0.3, -0.25) is 18.9 Å². The quantitative estimate of drug-likeness (QED) is 0.322. The van der Waals surface area contributed by atoms with E-state index in [4.69, 9.17) is 10.3 Å². The van der Waals surface area contributed by atoms with E-state index < -0.39 is 18.8 Å². The zero-order valence-electron chi connectivity index (χ0n) is 14.6. The van der Waals surface area contributed by atoms with E-state index in [9.17, 15) is 14.0 Å². The van der Waals surface area contributed by atoms with Crippen LogP contribution in [0.15, 0.2) is 53.6 Å². The predicted molar refractivity (Wildman–Crippen MR) is 95.7 cm³/mol. The van der Waals surface area contributed by atoms with Crippen LogP contribution in [0.4, 0.5) is 4.39 Å². The van der Waals surface area contributed by atoms with E-state index >= 15 is 0 Å². The number of nitrogens with zero attached hydrogens (tertiary/aromatic N) is 4. The molecule has 0 unspecified atom stereocenters. The molecule has 7 nitrogen and oxygen atoms in total. The predicted octanol–water partition coefficient (Wildman–Crippen LogP) is 3.82. The van der Waals surface area contributed by atoms with Gasteiger partial charge in [0.2, 0.25) is 0 Å². The number of carbonyl (C=O) groups excluding carboxylic acids is 2. The molecule has 2 aromatic carbocycles. The summed E-state index contributed by atoms with van der Waals surface area (Å²) in [5.74, 6) is -0.648. The summed E-state index contributed by atoms with van der Waals surface area (Å²) in [6.07, 6.45) is -0.723. The lowest BCUT2D eigenvalue weighted by Gasteiger charge is -2.21. The zero-order valence-corrected chi connectivity index (χ0v) is 14.6. The molecule has 0 aromatic heterocycles.